The van der Waals surface area contributed by atoms with Gasteiger partial charge in [-0.3, -0.25) is 4.79 Å². The Kier molecular flexibility index (Phi) is 2.55. The first-order valence-corrected chi connectivity index (χ1v) is 7.74. The highest BCUT2D eigenvalue weighted by Gasteiger charge is 2.54. The van der Waals surface area contributed by atoms with Gasteiger partial charge in [0.05, 0.1) is 19.1 Å². The number of hydroxylamine groups is 3. The summed E-state index contributed by atoms with van der Waals surface area (Å²) in [4.78, 5) is 14.2. The summed E-state index contributed by atoms with van der Waals surface area (Å²) in [5, 5.41) is 13.1. The summed E-state index contributed by atoms with van der Waals surface area (Å²) in [6.07, 6.45) is 9.07. The molecule has 5 atom stereocenters. The normalized spacial score (nSPS) is 48.7. The lowest BCUT2D eigenvalue weighted by atomic mass is 9.68. The van der Waals surface area contributed by atoms with E-state index in [0.717, 1.165) is 51.7 Å². The number of piperidine rings is 3. The Bertz CT molecular complexity index is 432. The highest BCUT2D eigenvalue weighted by Crippen LogP contribution is 2.47. The Labute approximate surface area is 114 Å². The maximum absolute atomic E-state index is 13.1. The SMILES string of the molecule is O=C1C=CCC2C3CCC[N@+]4([O-])CCCC(CN12)C34. The highest BCUT2D eigenvalue weighted by atomic mass is 16.5. The van der Waals surface area contributed by atoms with Gasteiger partial charge in [0.25, 0.3) is 0 Å². The van der Waals surface area contributed by atoms with Gasteiger partial charge < -0.3 is 14.8 Å². The maximum atomic E-state index is 13.1. The first-order valence-electron chi connectivity index (χ1n) is 7.74. The van der Waals surface area contributed by atoms with Crippen LogP contribution in [0.3, 0.4) is 0 Å². The number of hydrogen-bond acceptors (Lipinski definition) is 2. The molecule has 0 aliphatic carbocycles. The number of quaternary nitrogens is 1. The van der Waals surface area contributed by atoms with Gasteiger partial charge in [0.2, 0.25) is 5.91 Å². The molecule has 0 aromatic heterocycles. The Hall–Kier alpha value is -0.870. The van der Waals surface area contributed by atoms with Crippen molar-refractivity contribution < 1.29 is 9.44 Å². The molecule has 0 N–H and O–H groups in total. The number of hydrogen-bond donors (Lipinski definition) is 0. The van der Waals surface area contributed by atoms with E-state index in [9.17, 15) is 10.0 Å². The van der Waals surface area contributed by atoms with E-state index in [4.69, 9.17) is 0 Å². The summed E-state index contributed by atoms with van der Waals surface area (Å²) in [5.41, 5.74) is 0. The number of fused-ring (bicyclic) bond motifs is 2. The van der Waals surface area contributed by atoms with Crippen LogP contribution < -0.4 is 0 Å². The monoisotopic (exact) mass is 262 g/mol. The van der Waals surface area contributed by atoms with Gasteiger partial charge >= 0.3 is 0 Å². The third kappa shape index (κ3) is 1.62. The minimum absolute atomic E-state index is 0.0532. The van der Waals surface area contributed by atoms with Crippen LogP contribution in [0, 0.1) is 17.0 Å². The standard InChI is InChI=1S/C15H22N2O2/c18-14-7-1-6-13-12-5-3-9-17(19)8-2-4-11(15(12)17)10-16(13)14/h1,7,11-13,15H,2-6,8-10H2/t11?,12?,13?,15?,17-/m1/s1. The highest BCUT2D eigenvalue weighted by molar-refractivity contribution is 5.88. The number of carbonyl (C=O) groups is 1. The van der Waals surface area contributed by atoms with Gasteiger partial charge in [0.15, 0.2) is 0 Å². The van der Waals surface area contributed by atoms with E-state index >= 15 is 0 Å². The van der Waals surface area contributed by atoms with Crippen LogP contribution in [0.4, 0.5) is 0 Å². The second-order valence-electron chi connectivity index (χ2n) is 6.79. The summed E-state index contributed by atoms with van der Waals surface area (Å²) in [6, 6.07) is 0.589. The van der Waals surface area contributed by atoms with Crippen LogP contribution in [0.25, 0.3) is 0 Å². The van der Waals surface area contributed by atoms with Crippen LogP contribution >= 0.6 is 0 Å². The molecule has 4 aliphatic rings. The molecule has 104 valence electrons. The molecule has 1 amide bonds. The zero-order chi connectivity index (χ0) is 13.0. The molecule has 4 heterocycles. The largest absolute Gasteiger partial charge is 0.633 e. The van der Waals surface area contributed by atoms with Crippen LogP contribution in [0.1, 0.15) is 32.1 Å². The Balaban J connectivity index is 1.72. The van der Waals surface area contributed by atoms with Crippen LogP contribution in [0.15, 0.2) is 12.2 Å². The molecule has 4 unspecified atom stereocenters. The summed E-state index contributed by atoms with van der Waals surface area (Å²) in [5.74, 6) is 1.07. The van der Waals surface area contributed by atoms with E-state index in [0.29, 0.717) is 17.9 Å². The number of nitrogens with zero attached hydrogens (tertiary/aromatic N) is 2. The molecule has 0 aromatic carbocycles. The van der Waals surface area contributed by atoms with E-state index in [2.05, 4.69) is 4.90 Å². The van der Waals surface area contributed by atoms with Crippen molar-refractivity contribution in [3.8, 4) is 0 Å². The zero-order valence-corrected chi connectivity index (χ0v) is 11.3. The van der Waals surface area contributed by atoms with Gasteiger partial charge in [-0.25, -0.2) is 0 Å². The molecule has 4 aliphatic heterocycles. The second kappa shape index (κ2) is 4.06. The molecule has 0 aromatic rings. The van der Waals surface area contributed by atoms with E-state index in [1.165, 1.54) is 0 Å². The molecule has 4 nitrogen and oxygen atoms in total. The van der Waals surface area contributed by atoms with Gasteiger partial charge in [0.1, 0.15) is 0 Å². The summed E-state index contributed by atoms with van der Waals surface area (Å²) in [7, 11) is 0. The summed E-state index contributed by atoms with van der Waals surface area (Å²) < 4.78 is 0.0532. The number of amides is 1. The van der Waals surface area contributed by atoms with E-state index < -0.39 is 0 Å². The summed E-state index contributed by atoms with van der Waals surface area (Å²) >= 11 is 0. The zero-order valence-electron chi connectivity index (χ0n) is 11.3. The van der Waals surface area contributed by atoms with Crippen LogP contribution in [-0.2, 0) is 4.79 Å². The summed E-state index contributed by atoms with van der Waals surface area (Å²) in [6.45, 7) is 2.46. The fourth-order valence-corrected chi connectivity index (χ4v) is 5.25. The molecule has 0 bridgehead atoms. The van der Waals surface area contributed by atoms with Crippen LogP contribution in [-0.4, -0.2) is 47.2 Å². The third-order valence-corrected chi connectivity index (χ3v) is 5.90. The molecule has 4 heteroatoms. The minimum atomic E-state index is 0.0532. The molecule has 0 radical (unpaired) electrons. The van der Waals surface area contributed by atoms with Gasteiger partial charge in [-0.2, -0.15) is 0 Å². The van der Waals surface area contributed by atoms with Gasteiger partial charge in [-0.15, -0.1) is 0 Å². The van der Waals surface area contributed by atoms with Crippen LogP contribution in [0.5, 0.6) is 0 Å². The van der Waals surface area contributed by atoms with Crippen molar-refractivity contribution in [3.63, 3.8) is 0 Å². The molecule has 3 saturated heterocycles. The first-order chi connectivity index (χ1) is 9.19. The van der Waals surface area contributed by atoms with Gasteiger partial charge in [-0.05, 0) is 38.2 Å². The number of rotatable bonds is 0. The third-order valence-electron chi connectivity index (χ3n) is 5.90. The predicted molar refractivity (Wildman–Crippen MR) is 71.9 cm³/mol. The van der Waals surface area contributed by atoms with Crippen LogP contribution in [0.2, 0.25) is 0 Å². The molecule has 3 fully saturated rings. The number of carbonyl (C=O) groups excluding carboxylic acids is 1. The average Bonchev–Trinajstić information content (AvgIpc) is 2.40. The van der Waals surface area contributed by atoms with Gasteiger partial charge in [-0.1, -0.05) is 6.08 Å². The van der Waals surface area contributed by atoms with Crippen molar-refractivity contribution in [1.82, 2.24) is 4.90 Å². The lowest BCUT2D eigenvalue weighted by Crippen LogP contribution is -2.71. The lowest BCUT2D eigenvalue weighted by Gasteiger charge is -2.64. The topological polar surface area (TPSA) is 43.4 Å². The second-order valence-corrected chi connectivity index (χ2v) is 6.79. The molecule has 4 rings (SSSR count). The van der Waals surface area contributed by atoms with Crippen molar-refractivity contribution in [2.75, 3.05) is 19.6 Å². The maximum Gasteiger partial charge on any atom is 0.246 e. The molecular formula is C15H22N2O2. The van der Waals surface area contributed by atoms with Crippen molar-refractivity contribution >= 4 is 5.91 Å². The quantitative estimate of drug-likeness (QED) is 0.492. The van der Waals surface area contributed by atoms with E-state index in [1.807, 2.05) is 6.08 Å². The fourth-order valence-electron chi connectivity index (χ4n) is 5.25. The predicted octanol–water partition coefficient (Wildman–Crippen LogP) is 1.66. The van der Waals surface area contributed by atoms with Crippen molar-refractivity contribution in [2.45, 2.75) is 44.2 Å². The first kappa shape index (κ1) is 11.9. The van der Waals surface area contributed by atoms with E-state index in [-0.39, 0.29) is 16.6 Å². The Morgan fingerprint density at radius 2 is 2.05 bits per heavy atom. The van der Waals surface area contributed by atoms with Crippen molar-refractivity contribution in [3.05, 3.63) is 17.4 Å². The smallest absolute Gasteiger partial charge is 0.246 e. The molecule has 0 spiro atoms. The van der Waals surface area contributed by atoms with Gasteiger partial charge in [0, 0.05) is 24.4 Å². The van der Waals surface area contributed by atoms with Crippen molar-refractivity contribution in [1.29, 1.82) is 0 Å². The molecule has 19 heavy (non-hydrogen) atoms. The molecular weight excluding hydrogens is 240 g/mol. The average molecular weight is 262 g/mol. The lowest BCUT2D eigenvalue weighted by molar-refractivity contribution is -0.925. The Morgan fingerprint density at radius 1 is 1.26 bits per heavy atom. The fraction of sp³-hybridized carbons (Fsp3) is 0.800. The Morgan fingerprint density at radius 3 is 2.89 bits per heavy atom. The minimum Gasteiger partial charge on any atom is -0.633 e. The van der Waals surface area contributed by atoms with Crippen molar-refractivity contribution in [2.24, 2.45) is 11.8 Å². The van der Waals surface area contributed by atoms with E-state index in [1.54, 1.807) is 6.08 Å². The molecule has 0 saturated carbocycles.